The van der Waals surface area contributed by atoms with Crippen LogP contribution < -0.4 is 9.46 Å². The minimum absolute atomic E-state index is 0.0577. The van der Waals surface area contributed by atoms with Gasteiger partial charge in [-0.3, -0.25) is 4.72 Å². The molecule has 0 atom stereocenters. The van der Waals surface area contributed by atoms with E-state index < -0.39 is 16.0 Å². The van der Waals surface area contributed by atoms with Crippen LogP contribution in [0.4, 0.5) is 5.69 Å². The van der Waals surface area contributed by atoms with E-state index in [-0.39, 0.29) is 16.4 Å². The van der Waals surface area contributed by atoms with Crippen molar-refractivity contribution < 1.29 is 23.1 Å². The number of carboxylic acids is 1. The van der Waals surface area contributed by atoms with E-state index in [4.69, 9.17) is 9.84 Å². The van der Waals surface area contributed by atoms with Crippen molar-refractivity contribution in [3.8, 4) is 5.75 Å². The van der Waals surface area contributed by atoms with Crippen molar-refractivity contribution >= 4 is 32.6 Å². The van der Waals surface area contributed by atoms with Crippen LogP contribution >= 0.6 is 0 Å². The molecule has 3 aromatic rings. The first-order chi connectivity index (χ1) is 11.8. The van der Waals surface area contributed by atoms with Gasteiger partial charge in [0.15, 0.2) is 5.03 Å². The maximum absolute atomic E-state index is 12.7. The molecule has 0 fully saturated rings. The summed E-state index contributed by atoms with van der Waals surface area (Å²) in [5, 5.41) is 9.54. The smallest absolute Gasteiger partial charge is 0.352 e. The fourth-order valence-electron chi connectivity index (χ4n) is 2.48. The molecule has 0 aliphatic heterocycles. The first-order valence-corrected chi connectivity index (χ1v) is 8.68. The normalized spacial score (nSPS) is 11.4. The van der Waals surface area contributed by atoms with Crippen LogP contribution in [0.25, 0.3) is 10.9 Å². The fourth-order valence-corrected chi connectivity index (χ4v) is 3.71. The molecule has 0 saturated heterocycles. The fraction of sp³-hybridized carbons (Fsp3) is 0.125. The molecule has 0 saturated carbocycles. The van der Waals surface area contributed by atoms with Crippen molar-refractivity contribution in [1.29, 1.82) is 0 Å². The minimum atomic E-state index is -3.96. The third kappa shape index (κ3) is 3.13. The standard InChI is InChI=1S/C16H15N3O5S/c1-9-4-3-5-17-15(9)25(22,23)19-12-8-11(24-2)6-10-7-13(16(20)21)18-14(10)12/h3-8,18-19H,1-2H3,(H,20,21). The predicted molar refractivity (Wildman–Crippen MR) is 91.6 cm³/mol. The number of aromatic carboxylic acids is 1. The van der Waals surface area contributed by atoms with Crippen molar-refractivity contribution in [3.63, 3.8) is 0 Å². The molecule has 0 amide bonds. The number of fused-ring (bicyclic) bond motifs is 1. The molecule has 2 aromatic heterocycles. The molecule has 1 aromatic carbocycles. The summed E-state index contributed by atoms with van der Waals surface area (Å²) < 4.78 is 32.9. The van der Waals surface area contributed by atoms with Crippen LogP contribution in [0.2, 0.25) is 0 Å². The Hall–Kier alpha value is -3.07. The third-order valence-electron chi connectivity index (χ3n) is 3.63. The minimum Gasteiger partial charge on any atom is -0.497 e. The lowest BCUT2D eigenvalue weighted by Gasteiger charge is -2.11. The Labute approximate surface area is 143 Å². The summed E-state index contributed by atoms with van der Waals surface area (Å²) in [4.78, 5) is 17.8. The van der Waals surface area contributed by atoms with E-state index in [1.54, 1.807) is 25.1 Å². The monoisotopic (exact) mass is 361 g/mol. The molecule has 8 nitrogen and oxygen atoms in total. The number of anilines is 1. The van der Waals surface area contributed by atoms with Crippen LogP contribution in [0.1, 0.15) is 16.1 Å². The Morgan fingerprint density at radius 1 is 1.32 bits per heavy atom. The summed E-state index contributed by atoms with van der Waals surface area (Å²) >= 11 is 0. The molecule has 0 aliphatic rings. The number of nitrogens with one attached hydrogen (secondary N) is 2. The SMILES string of the molecule is COc1cc(NS(=O)(=O)c2ncccc2C)c2[nH]c(C(=O)O)cc2c1. The second kappa shape index (κ2) is 6.10. The second-order valence-electron chi connectivity index (χ2n) is 5.36. The van der Waals surface area contributed by atoms with E-state index >= 15 is 0 Å². The number of rotatable bonds is 5. The highest BCUT2D eigenvalue weighted by Crippen LogP contribution is 2.31. The maximum atomic E-state index is 12.7. The third-order valence-corrected chi connectivity index (χ3v) is 5.05. The topological polar surface area (TPSA) is 121 Å². The molecule has 0 radical (unpaired) electrons. The van der Waals surface area contributed by atoms with Crippen LogP contribution in [0, 0.1) is 6.92 Å². The van der Waals surface area contributed by atoms with Gasteiger partial charge in [0.1, 0.15) is 11.4 Å². The Kier molecular flexibility index (Phi) is 4.09. The van der Waals surface area contributed by atoms with E-state index in [1.165, 1.54) is 25.4 Å². The van der Waals surface area contributed by atoms with Gasteiger partial charge in [-0.1, -0.05) is 6.07 Å². The van der Waals surface area contributed by atoms with E-state index in [0.29, 0.717) is 22.2 Å². The number of aromatic nitrogens is 2. The van der Waals surface area contributed by atoms with Crippen molar-refractivity contribution in [2.45, 2.75) is 11.9 Å². The highest BCUT2D eigenvalue weighted by Gasteiger charge is 2.21. The molecular weight excluding hydrogens is 346 g/mol. The van der Waals surface area contributed by atoms with Gasteiger partial charge in [0, 0.05) is 17.6 Å². The van der Waals surface area contributed by atoms with Crippen LogP contribution in [-0.4, -0.2) is 36.6 Å². The number of aryl methyl sites for hydroxylation is 1. The first-order valence-electron chi connectivity index (χ1n) is 7.20. The van der Waals surface area contributed by atoms with Gasteiger partial charge < -0.3 is 14.8 Å². The molecule has 25 heavy (non-hydrogen) atoms. The lowest BCUT2D eigenvalue weighted by Crippen LogP contribution is -2.16. The van der Waals surface area contributed by atoms with Crippen LogP contribution in [-0.2, 0) is 10.0 Å². The summed E-state index contributed by atoms with van der Waals surface area (Å²) in [6.07, 6.45) is 1.39. The Morgan fingerprint density at radius 3 is 2.72 bits per heavy atom. The number of ether oxygens (including phenoxy) is 1. The number of benzene rings is 1. The molecule has 0 spiro atoms. The van der Waals surface area contributed by atoms with E-state index in [9.17, 15) is 13.2 Å². The quantitative estimate of drug-likeness (QED) is 0.641. The van der Waals surface area contributed by atoms with Gasteiger partial charge in [-0.2, -0.15) is 8.42 Å². The Morgan fingerprint density at radius 2 is 2.08 bits per heavy atom. The van der Waals surface area contributed by atoms with Crippen LogP contribution in [0.3, 0.4) is 0 Å². The zero-order valence-electron chi connectivity index (χ0n) is 13.4. The van der Waals surface area contributed by atoms with E-state index in [0.717, 1.165) is 0 Å². The number of methoxy groups -OCH3 is 1. The summed E-state index contributed by atoms with van der Waals surface area (Å²) in [6.45, 7) is 1.64. The molecule has 130 valence electrons. The number of hydrogen-bond donors (Lipinski definition) is 3. The average Bonchev–Trinajstić information content (AvgIpc) is 2.99. The number of sulfonamides is 1. The molecule has 3 rings (SSSR count). The highest BCUT2D eigenvalue weighted by atomic mass is 32.2. The van der Waals surface area contributed by atoms with E-state index in [1.807, 2.05) is 0 Å². The summed E-state index contributed by atoms with van der Waals surface area (Å²) in [5.41, 5.74) is 0.951. The van der Waals surface area contributed by atoms with Crippen LogP contribution in [0.5, 0.6) is 5.75 Å². The number of H-pyrrole nitrogens is 1. The van der Waals surface area contributed by atoms with Crippen molar-refractivity contribution in [3.05, 3.63) is 47.8 Å². The number of aromatic amines is 1. The highest BCUT2D eigenvalue weighted by molar-refractivity contribution is 7.92. The number of nitrogens with zero attached hydrogens (tertiary/aromatic N) is 1. The number of carbonyl (C=O) groups is 1. The van der Waals surface area contributed by atoms with Gasteiger partial charge in [-0.05, 0) is 30.7 Å². The Balaban J connectivity index is 2.14. The van der Waals surface area contributed by atoms with Crippen LogP contribution in [0.15, 0.2) is 41.6 Å². The number of hydrogen-bond acceptors (Lipinski definition) is 5. The average molecular weight is 361 g/mol. The molecule has 0 aliphatic carbocycles. The Bertz CT molecular complexity index is 1070. The van der Waals surface area contributed by atoms with Gasteiger partial charge >= 0.3 is 5.97 Å². The first kappa shape index (κ1) is 16.8. The molecule has 3 N–H and O–H groups in total. The predicted octanol–water partition coefficient (Wildman–Crippen LogP) is 2.38. The molecular formula is C16H15N3O5S. The summed E-state index contributed by atoms with van der Waals surface area (Å²) in [7, 11) is -2.52. The van der Waals surface area contributed by atoms with E-state index in [2.05, 4.69) is 14.7 Å². The van der Waals surface area contributed by atoms with Gasteiger partial charge in [0.05, 0.1) is 18.3 Å². The van der Waals surface area contributed by atoms with Gasteiger partial charge in [-0.25, -0.2) is 9.78 Å². The van der Waals surface area contributed by atoms with Crippen molar-refractivity contribution in [2.75, 3.05) is 11.8 Å². The largest absolute Gasteiger partial charge is 0.497 e. The zero-order valence-corrected chi connectivity index (χ0v) is 14.2. The van der Waals surface area contributed by atoms with Crippen molar-refractivity contribution in [2.24, 2.45) is 0 Å². The maximum Gasteiger partial charge on any atom is 0.352 e. The number of pyridine rings is 1. The second-order valence-corrected chi connectivity index (χ2v) is 6.96. The molecule has 0 bridgehead atoms. The summed E-state index contributed by atoms with van der Waals surface area (Å²) in [6, 6.07) is 7.77. The van der Waals surface area contributed by atoms with Gasteiger partial charge in [0.25, 0.3) is 10.0 Å². The molecule has 9 heteroatoms. The summed E-state index contributed by atoms with van der Waals surface area (Å²) in [5.74, 6) is -0.761. The molecule has 0 unspecified atom stereocenters. The lowest BCUT2D eigenvalue weighted by molar-refractivity contribution is 0.0691. The van der Waals surface area contributed by atoms with Crippen molar-refractivity contribution in [1.82, 2.24) is 9.97 Å². The molecule has 2 heterocycles. The lowest BCUT2D eigenvalue weighted by atomic mass is 10.2. The van der Waals surface area contributed by atoms with Gasteiger partial charge in [0.2, 0.25) is 0 Å². The van der Waals surface area contributed by atoms with Gasteiger partial charge in [-0.15, -0.1) is 0 Å². The zero-order chi connectivity index (χ0) is 18.2. The number of carboxylic acid groups (broad SMARTS) is 1.